The molecule has 1 aliphatic carbocycles. The van der Waals surface area contributed by atoms with Crippen LogP contribution < -0.4 is 0 Å². The van der Waals surface area contributed by atoms with E-state index in [2.05, 4.69) is 9.84 Å². The second kappa shape index (κ2) is 7.79. The molecule has 0 aromatic heterocycles. The molecule has 0 atom stereocenters. The summed E-state index contributed by atoms with van der Waals surface area (Å²) in [6.07, 6.45) is 3.51. The highest BCUT2D eigenvalue weighted by molar-refractivity contribution is 7.92. The van der Waals surface area contributed by atoms with Crippen LogP contribution >= 0.6 is 0 Å². The first-order chi connectivity index (χ1) is 13.1. The third-order valence-electron chi connectivity index (χ3n) is 5.89. The highest BCUT2D eigenvalue weighted by Gasteiger charge is 2.35. The zero-order valence-corrected chi connectivity index (χ0v) is 17.5. The van der Waals surface area contributed by atoms with Gasteiger partial charge in [-0.1, -0.05) is 12.1 Å². The third kappa shape index (κ3) is 4.20. The number of allylic oxidation sites excluding steroid dienone is 1. The summed E-state index contributed by atoms with van der Waals surface area (Å²) < 4.78 is 37.4. The van der Waals surface area contributed by atoms with Gasteiger partial charge in [0.25, 0.3) is 0 Å². The summed E-state index contributed by atoms with van der Waals surface area (Å²) in [6, 6.07) is 6.10. The van der Waals surface area contributed by atoms with Crippen LogP contribution in [0, 0.1) is 24.2 Å². The summed E-state index contributed by atoms with van der Waals surface area (Å²) in [7, 11) is -3.11. The Balaban J connectivity index is 1.70. The van der Waals surface area contributed by atoms with Gasteiger partial charge in [0.1, 0.15) is 5.82 Å². The molecule has 28 heavy (non-hydrogen) atoms. The predicted molar refractivity (Wildman–Crippen MR) is 110 cm³/mol. The van der Waals surface area contributed by atoms with Crippen molar-refractivity contribution in [2.75, 3.05) is 12.3 Å². The van der Waals surface area contributed by atoms with Crippen LogP contribution in [-0.2, 0) is 9.84 Å². The number of nitrogens with zero attached hydrogens (tertiary/aromatic N) is 2. The molecule has 0 spiro atoms. The maximum Gasteiger partial charge on any atom is 0.213 e. The largest absolute Gasteiger partial charge is 0.293 e. The standard InChI is InChI=1S/C22H27FN2O2S/c1-22(2,3)28(26,27)14-15-5-7-16(8-6-15)19-13-25-20(21(19)24-4)17-9-11-18(23)12-10-17/h9-12,15-16H,5-8,13-14H2,1-3H3. The van der Waals surface area contributed by atoms with Crippen molar-refractivity contribution in [3.05, 3.63) is 58.3 Å². The molecule has 0 N–H and O–H groups in total. The lowest BCUT2D eigenvalue weighted by Gasteiger charge is -2.31. The van der Waals surface area contributed by atoms with Crippen LogP contribution in [-0.4, -0.2) is 31.2 Å². The Morgan fingerprint density at radius 3 is 2.29 bits per heavy atom. The predicted octanol–water partition coefficient (Wildman–Crippen LogP) is 4.82. The van der Waals surface area contributed by atoms with Gasteiger partial charge in [-0.25, -0.2) is 17.7 Å². The minimum atomic E-state index is -3.11. The van der Waals surface area contributed by atoms with Crippen LogP contribution in [0.4, 0.5) is 4.39 Å². The fourth-order valence-electron chi connectivity index (χ4n) is 3.99. The van der Waals surface area contributed by atoms with Crippen LogP contribution in [0.25, 0.3) is 4.85 Å². The monoisotopic (exact) mass is 402 g/mol. The quantitative estimate of drug-likeness (QED) is 0.678. The van der Waals surface area contributed by atoms with Crippen molar-refractivity contribution in [1.82, 2.24) is 0 Å². The minimum Gasteiger partial charge on any atom is -0.293 e. The molecule has 1 aromatic rings. The van der Waals surface area contributed by atoms with Gasteiger partial charge in [0, 0.05) is 0 Å². The van der Waals surface area contributed by atoms with Crippen molar-refractivity contribution in [3.8, 4) is 0 Å². The fraction of sp³-hybridized carbons (Fsp3) is 0.545. The zero-order chi connectivity index (χ0) is 20.5. The maximum absolute atomic E-state index is 13.2. The van der Waals surface area contributed by atoms with E-state index in [0.29, 0.717) is 18.0 Å². The van der Waals surface area contributed by atoms with Crippen LogP contribution in [0.3, 0.4) is 0 Å². The van der Waals surface area contributed by atoms with E-state index in [4.69, 9.17) is 6.57 Å². The van der Waals surface area contributed by atoms with E-state index in [1.165, 1.54) is 12.1 Å². The average Bonchev–Trinajstić information content (AvgIpc) is 3.05. The van der Waals surface area contributed by atoms with Gasteiger partial charge in [0.15, 0.2) is 9.84 Å². The second-order valence-corrected chi connectivity index (χ2v) is 11.6. The number of halogens is 1. The molecule has 0 radical (unpaired) electrons. The molecule has 3 rings (SSSR count). The summed E-state index contributed by atoms with van der Waals surface area (Å²) in [6.45, 7) is 13.4. The minimum absolute atomic E-state index is 0.191. The molecular formula is C22H27FN2O2S. The molecule has 4 nitrogen and oxygen atoms in total. The highest BCUT2D eigenvalue weighted by Crippen LogP contribution is 2.39. The number of hydrogen-bond acceptors (Lipinski definition) is 3. The van der Waals surface area contributed by atoms with Gasteiger partial charge >= 0.3 is 0 Å². The van der Waals surface area contributed by atoms with Crippen molar-refractivity contribution in [2.24, 2.45) is 16.8 Å². The fourth-order valence-corrected chi connectivity index (χ4v) is 5.44. The van der Waals surface area contributed by atoms with E-state index in [0.717, 1.165) is 36.8 Å². The molecule has 6 heteroatoms. The lowest BCUT2D eigenvalue weighted by atomic mass is 9.78. The van der Waals surface area contributed by atoms with E-state index >= 15 is 0 Å². The van der Waals surface area contributed by atoms with E-state index < -0.39 is 14.6 Å². The summed E-state index contributed by atoms with van der Waals surface area (Å²) >= 11 is 0. The molecule has 150 valence electrons. The second-order valence-electron chi connectivity index (χ2n) is 8.77. The molecule has 1 heterocycles. The topological polar surface area (TPSA) is 50.9 Å². The van der Waals surface area contributed by atoms with Gasteiger partial charge in [-0.15, -0.1) is 0 Å². The smallest absolute Gasteiger partial charge is 0.213 e. The van der Waals surface area contributed by atoms with E-state index in [1.54, 1.807) is 32.9 Å². The molecule has 0 amide bonds. The van der Waals surface area contributed by atoms with Gasteiger partial charge in [-0.2, -0.15) is 0 Å². The van der Waals surface area contributed by atoms with E-state index in [9.17, 15) is 12.8 Å². The summed E-state index contributed by atoms with van der Waals surface area (Å²) in [5, 5.41) is 0. The molecule has 0 unspecified atom stereocenters. The zero-order valence-electron chi connectivity index (χ0n) is 16.7. The van der Waals surface area contributed by atoms with E-state index in [1.807, 2.05) is 0 Å². The van der Waals surface area contributed by atoms with Crippen molar-refractivity contribution in [1.29, 1.82) is 0 Å². The van der Waals surface area contributed by atoms with Crippen LogP contribution in [0.1, 0.15) is 52.0 Å². The van der Waals surface area contributed by atoms with Gasteiger partial charge in [0.2, 0.25) is 5.70 Å². The van der Waals surface area contributed by atoms with Crippen molar-refractivity contribution >= 4 is 15.5 Å². The molecule has 1 aliphatic heterocycles. The first-order valence-electron chi connectivity index (χ1n) is 9.76. The Morgan fingerprint density at radius 1 is 1.14 bits per heavy atom. The average molecular weight is 403 g/mol. The normalized spacial score (nSPS) is 23.5. The Bertz CT molecular complexity index is 940. The Morgan fingerprint density at radius 2 is 1.75 bits per heavy atom. The van der Waals surface area contributed by atoms with Crippen LogP contribution in [0.2, 0.25) is 0 Å². The van der Waals surface area contributed by atoms with Gasteiger partial charge in [-0.3, -0.25) is 4.99 Å². The SMILES string of the molecule is [C-]#[N+]C1=C(C2CCC(CS(=O)(=O)C(C)(C)C)CC2)CN=C1c1ccc(F)cc1. The number of aliphatic imine (C=N–C) groups is 1. The van der Waals surface area contributed by atoms with Gasteiger partial charge < -0.3 is 0 Å². The van der Waals surface area contributed by atoms with Crippen molar-refractivity contribution in [3.63, 3.8) is 0 Å². The third-order valence-corrected chi connectivity index (χ3v) is 8.67. The van der Waals surface area contributed by atoms with Crippen molar-refractivity contribution < 1.29 is 12.8 Å². The lowest BCUT2D eigenvalue weighted by Crippen LogP contribution is -2.34. The number of sulfone groups is 1. The Hall–Kier alpha value is -2.00. The summed E-state index contributed by atoms with van der Waals surface area (Å²) in [4.78, 5) is 8.31. The van der Waals surface area contributed by atoms with E-state index in [-0.39, 0.29) is 23.4 Å². The van der Waals surface area contributed by atoms with Crippen LogP contribution in [0.15, 0.2) is 40.5 Å². The first-order valence-corrected chi connectivity index (χ1v) is 11.4. The molecule has 0 saturated heterocycles. The molecular weight excluding hydrogens is 375 g/mol. The Kier molecular flexibility index (Phi) is 5.77. The van der Waals surface area contributed by atoms with Crippen LogP contribution in [0.5, 0.6) is 0 Å². The molecule has 1 fully saturated rings. The molecule has 2 aliphatic rings. The van der Waals surface area contributed by atoms with Crippen molar-refractivity contribution in [2.45, 2.75) is 51.2 Å². The summed E-state index contributed by atoms with van der Waals surface area (Å²) in [5.41, 5.74) is 3.08. The number of hydrogen-bond donors (Lipinski definition) is 0. The summed E-state index contributed by atoms with van der Waals surface area (Å²) in [5.74, 6) is 0.408. The molecule has 0 bridgehead atoms. The molecule has 1 saturated carbocycles. The van der Waals surface area contributed by atoms with Gasteiger partial charge in [-0.05, 0) is 81.6 Å². The highest BCUT2D eigenvalue weighted by atomic mass is 32.2. The lowest BCUT2D eigenvalue weighted by molar-refractivity contribution is 0.318. The first kappa shape index (κ1) is 20.7. The number of benzene rings is 1. The van der Waals surface area contributed by atoms with Gasteiger partial charge in [0.05, 0.1) is 29.3 Å². The number of rotatable bonds is 4. The molecule has 1 aromatic carbocycles. The maximum atomic E-state index is 13.2. The Labute approximate surface area is 167 Å².